The number of ether oxygens (including phenoxy) is 2. The predicted octanol–water partition coefficient (Wildman–Crippen LogP) is 4.78. The molecular formula is C26H24FN3O3. The molecule has 0 unspecified atom stereocenters. The lowest BCUT2D eigenvalue weighted by molar-refractivity contribution is 0.0687. The number of hydrogen-bond donors (Lipinski definition) is 0. The Morgan fingerprint density at radius 3 is 2.55 bits per heavy atom. The molecule has 168 valence electrons. The first-order valence-electron chi connectivity index (χ1n) is 10.9. The molecular weight excluding hydrogens is 421 g/mol. The summed E-state index contributed by atoms with van der Waals surface area (Å²) < 4.78 is 25.7. The Labute approximate surface area is 191 Å². The number of carbonyl (C=O) groups excluding carboxylic acids is 1. The lowest BCUT2D eigenvalue weighted by atomic mass is 10.1. The summed E-state index contributed by atoms with van der Waals surface area (Å²) in [6, 6.07) is 17.7. The smallest absolute Gasteiger partial charge is 0.256 e. The maximum atomic E-state index is 14.1. The van der Waals surface area contributed by atoms with Gasteiger partial charge in [0.05, 0.1) is 18.2 Å². The number of carbonyl (C=O) groups is 1. The normalized spacial score (nSPS) is 15.1. The molecule has 1 fully saturated rings. The fourth-order valence-corrected chi connectivity index (χ4v) is 4.15. The van der Waals surface area contributed by atoms with Gasteiger partial charge in [0.15, 0.2) is 5.75 Å². The highest BCUT2D eigenvalue weighted by atomic mass is 19.1. The zero-order valence-electron chi connectivity index (χ0n) is 18.5. The number of piperazine rings is 1. The lowest BCUT2D eigenvalue weighted by Crippen LogP contribution is -2.51. The third-order valence-electron chi connectivity index (χ3n) is 5.96. The van der Waals surface area contributed by atoms with Crippen LogP contribution in [0.25, 0.3) is 0 Å². The molecule has 6 nitrogen and oxygen atoms in total. The van der Waals surface area contributed by atoms with Crippen LogP contribution < -0.4 is 9.47 Å². The first kappa shape index (κ1) is 21.0. The Morgan fingerprint density at radius 1 is 1.00 bits per heavy atom. The average Bonchev–Trinajstić information content (AvgIpc) is 2.99. The minimum atomic E-state index is -0.495. The summed E-state index contributed by atoms with van der Waals surface area (Å²) >= 11 is 0. The highest BCUT2D eigenvalue weighted by Crippen LogP contribution is 2.40. The quantitative estimate of drug-likeness (QED) is 0.570. The number of benzene rings is 3. The SMILES string of the molecule is COc1ccc2c(c1)Oc1cc(C)ccc1N=C2N1CCN(C(=O)c2ccccc2F)CC1. The van der Waals surface area contributed by atoms with Crippen molar-refractivity contribution in [1.29, 1.82) is 0 Å². The van der Waals surface area contributed by atoms with Gasteiger partial charge in [0.25, 0.3) is 5.91 Å². The average molecular weight is 445 g/mol. The van der Waals surface area contributed by atoms with Gasteiger partial charge >= 0.3 is 0 Å². The Bertz CT molecular complexity index is 1250. The van der Waals surface area contributed by atoms with Crippen molar-refractivity contribution in [2.45, 2.75) is 6.92 Å². The van der Waals surface area contributed by atoms with Gasteiger partial charge in [-0.05, 0) is 48.9 Å². The number of fused-ring (bicyclic) bond motifs is 2. The first-order chi connectivity index (χ1) is 16.0. The van der Waals surface area contributed by atoms with Crippen molar-refractivity contribution in [1.82, 2.24) is 9.80 Å². The number of nitrogens with zero attached hydrogens (tertiary/aromatic N) is 3. The van der Waals surface area contributed by atoms with Crippen LogP contribution in [0.5, 0.6) is 17.2 Å². The van der Waals surface area contributed by atoms with Crippen molar-refractivity contribution < 1.29 is 18.7 Å². The molecule has 1 amide bonds. The van der Waals surface area contributed by atoms with Crippen molar-refractivity contribution in [3.63, 3.8) is 0 Å². The van der Waals surface area contributed by atoms with Crippen molar-refractivity contribution in [2.75, 3.05) is 33.3 Å². The van der Waals surface area contributed by atoms with Gasteiger partial charge in [-0.1, -0.05) is 18.2 Å². The van der Waals surface area contributed by atoms with E-state index < -0.39 is 5.82 Å². The van der Waals surface area contributed by atoms with E-state index in [4.69, 9.17) is 14.5 Å². The largest absolute Gasteiger partial charge is 0.497 e. The number of halogens is 1. The molecule has 0 aromatic heterocycles. The van der Waals surface area contributed by atoms with Gasteiger partial charge in [-0.2, -0.15) is 0 Å². The molecule has 33 heavy (non-hydrogen) atoms. The van der Waals surface area contributed by atoms with Gasteiger partial charge in [-0.25, -0.2) is 9.38 Å². The molecule has 2 aliphatic rings. The number of amidine groups is 1. The van der Waals surface area contributed by atoms with Crippen LogP contribution in [0.1, 0.15) is 21.5 Å². The predicted molar refractivity (Wildman–Crippen MR) is 124 cm³/mol. The topological polar surface area (TPSA) is 54.4 Å². The van der Waals surface area contributed by atoms with Crippen LogP contribution in [0.3, 0.4) is 0 Å². The molecule has 2 heterocycles. The molecule has 7 heteroatoms. The second-order valence-corrected chi connectivity index (χ2v) is 8.13. The van der Waals surface area contributed by atoms with Crippen LogP contribution in [0.15, 0.2) is 65.7 Å². The number of methoxy groups -OCH3 is 1. The zero-order valence-corrected chi connectivity index (χ0v) is 18.5. The summed E-state index contributed by atoms with van der Waals surface area (Å²) in [6.07, 6.45) is 0. The summed E-state index contributed by atoms with van der Waals surface area (Å²) in [7, 11) is 1.62. The number of amides is 1. The molecule has 0 N–H and O–H groups in total. The number of aryl methyl sites for hydroxylation is 1. The standard InChI is InChI=1S/C26H24FN3O3/c1-17-7-10-22-24(15-17)33-23-16-18(32-2)8-9-20(23)25(28-22)29-11-13-30(14-12-29)26(31)19-5-3-4-6-21(19)27/h3-10,15-16H,11-14H2,1-2H3. The molecule has 0 bridgehead atoms. The Balaban J connectivity index is 1.44. The van der Waals surface area contributed by atoms with E-state index in [-0.39, 0.29) is 11.5 Å². The van der Waals surface area contributed by atoms with Gasteiger partial charge in [0.2, 0.25) is 0 Å². The Kier molecular flexibility index (Phi) is 5.46. The summed E-state index contributed by atoms with van der Waals surface area (Å²) in [4.78, 5) is 21.6. The van der Waals surface area contributed by atoms with Gasteiger partial charge in [0.1, 0.15) is 28.8 Å². The van der Waals surface area contributed by atoms with Crippen LogP contribution in [0.4, 0.5) is 10.1 Å². The van der Waals surface area contributed by atoms with E-state index in [1.54, 1.807) is 24.1 Å². The van der Waals surface area contributed by atoms with Crippen molar-refractivity contribution >= 4 is 17.4 Å². The fraction of sp³-hybridized carbons (Fsp3) is 0.231. The third-order valence-corrected chi connectivity index (χ3v) is 5.96. The van der Waals surface area contributed by atoms with E-state index in [9.17, 15) is 9.18 Å². The maximum Gasteiger partial charge on any atom is 0.256 e. The van der Waals surface area contributed by atoms with Crippen molar-refractivity contribution in [3.8, 4) is 17.2 Å². The molecule has 0 atom stereocenters. The molecule has 1 saturated heterocycles. The van der Waals surface area contributed by atoms with Crippen LogP contribution >= 0.6 is 0 Å². The molecule has 3 aromatic carbocycles. The molecule has 3 aromatic rings. The minimum absolute atomic E-state index is 0.105. The maximum absolute atomic E-state index is 14.1. The van der Waals surface area contributed by atoms with Gasteiger partial charge in [-0.3, -0.25) is 4.79 Å². The van der Waals surface area contributed by atoms with Crippen molar-refractivity contribution in [2.24, 2.45) is 4.99 Å². The fourth-order valence-electron chi connectivity index (χ4n) is 4.15. The molecule has 0 radical (unpaired) electrons. The summed E-state index contributed by atoms with van der Waals surface area (Å²) in [6.45, 7) is 4.10. The second kappa shape index (κ2) is 8.58. The van der Waals surface area contributed by atoms with Gasteiger partial charge in [-0.15, -0.1) is 0 Å². The Morgan fingerprint density at radius 2 is 1.79 bits per heavy atom. The van der Waals surface area contributed by atoms with E-state index in [2.05, 4.69) is 4.90 Å². The van der Waals surface area contributed by atoms with Crippen LogP contribution in [0, 0.1) is 12.7 Å². The number of rotatable bonds is 2. The van der Waals surface area contributed by atoms with E-state index >= 15 is 0 Å². The van der Waals surface area contributed by atoms with Crippen LogP contribution in [-0.4, -0.2) is 54.8 Å². The van der Waals surface area contributed by atoms with Gasteiger partial charge in [0, 0.05) is 32.2 Å². The van der Waals surface area contributed by atoms with Crippen LogP contribution in [-0.2, 0) is 0 Å². The molecule has 0 spiro atoms. The summed E-state index contributed by atoms with van der Waals surface area (Å²) in [5, 5.41) is 0. The second-order valence-electron chi connectivity index (χ2n) is 8.13. The Hall–Kier alpha value is -3.87. The number of hydrogen-bond acceptors (Lipinski definition) is 5. The highest BCUT2D eigenvalue weighted by molar-refractivity contribution is 6.04. The lowest BCUT2D eigenvalue weighted by Gasteiger charge is -2.36. The molecule has 0 saturated carbocycles. The summed E-state index contributed by atoms with van der Waals surface area (Å²) in [5.74, 6) is 2.06. The molecule has 0 aliphatic carbocycles. The third kappa shape index (κ3) is 4.02. The summed E-state index contributed by atoms with van der Waals surface area (Å²) in [5.41, 5.74) is 2.79. The minimum Gasteiger partial charge on any atom is -0.497 e. The van der Waals surface area contributed by atoms with Gasteiger partial charge < -0.3 is 19.3 Å². The molecule has 2 aliphatic heterocycles. The van der Waals surface area contributed by atoms with E-state index in [0.717, 1.165) is 22.6 Å². The number of aliphatic imine (C=N–C) groups is 1. The zero-order chi connectivity index (χ0) is 22.9. The van der Waals surface area contributed by atoms with E-state index in [1.807, 2.05) is 43.3 Å². The van der Waals surface area contributed by atoms with Crippen LogP contribution in [0.2, 0.25) is 0 Å². The van der Waals surface area contributed by atoms with Crippen molar-refractivity contribution in [3.05, 3.63) is 83.2 Å². The van der Waals surface area contributed by atoms with E-state index in [0.29, 0.717) is 43.4 Å². The first-order valence-corrected chi connectivity index (χ1v) is 10.9. The molecule has 5 rings (SSSR count). The monoisotopic (exact) mass is 445 g/mol. The highest BCUT2D eigenvalue weighted by Gasteiger charge is 2.29. The van der Waals surface area contributed by atoms with E-state index in [1.165, 1.54) is 12.1 Å².